The van der Waals surface area contributed by atoms with Gasteiger partial charge in [-0.05, 0) is 48.1 Å². The van der Waals surface area contributed by atoms with E-state index >= 15 is 0 Å². The number of rotatable bonds is 6. The third-order valence-corrected chi connectivity index (χ3v) is 4.26. The number of amides is 1. The first kappa shape index (κ1) is 20.5. The van der Waals surface area contributed by atoms with Crippen LogP contribution < -0.4 is 24.4 Å². The van der Waals surface area contributed by atoms with Crippen LogP contribution in [0, 0.1) is 5.82 Å². The topological polar surface area (TPSA) is 60.0 Å². The van der Waals surface area contributed by atoms with Crippen molar-refractivity contribution in [3.8, 4) is 17.2 Å². The third-order valence-electron chi connectivity index (χ3n) is 3.97. The third kappa shape index (κ3) is 4.11. The highest BCUT2D eigenvalue weighted by atomic mass is 32.1. The molecule has 0 aliphatic carbocycles. The standard InChI is InChI=1S/C19H15F3N2O4S/c1-26-14-8-10(9-15(27-2)16(14)28-18(21)22)7-12-17(25)24(19(29)23-12)13-6-4-3-5-11(13)20/h3-9,18H,1-2H3,(H,23,29)/b12-7-. The second kappa shape index (κ2) is 8.39. The molecule has 152 valence electrons. The smallest absolute Gasteiger partial charge is 0.387 e. The lowest BCUT2D eigenvalue weighted by molar-refractivity contribution is -0.113. The number of anilines is 1. The normalized spacial score (nSPS) is 15.1. The molecule has 0 bridgehead atoms. The number of carbonyl (C=O) groups excluding carboxylic acids is 1. The molecule has 3 rings (SSSR count). The van der Waals surface area contributed by atoms with E-state index in [0.29, 0.717) is 5.56 Å². The molecule has 0 atom stereocenters. The van der Waals surface area contributed by atoms with E-state index in [1.54, 1.807) is 6.07 Å². The predicted octanol–water partition coefficient (Wildman–Crippen LogP) is 3.71. The first-order valence-electron chi connectivity index (χ1n) is 8.18. The van der Waals surface area contributed by atoms with Crippen molar-refractivity contribution in [2.45, 2.75) is 6.61 Å². The molecule has 2 aromatic rings. The first-order valence-corrected chi connectivity index (χ1v) is 8.59. The molecule has 0 unspecified atom stereocenters. The monoisotopic (exact) mass is 424 g/mol. The lowest BCUT2D eigenvalue weighted by Gasteiger charge is -2.15. The highest BCUT2D eigenvalue weighted by Gasteiger charge is 2.33. The average molecular weight is 424 g/mol. The lowest BCUT2D eigenvalue weighted by atomic mass is 10.1. The second-order valence-corrected chi connectivity index (χ2v) is 6.10. The largest absolute Gasteiger partial charge is 0.493 e. The summed E-state index contributed by atoms with van der Waals surface area (Å²) in [7, 11) is 2.55. The average Bonchev–Trinajstić information content (AvgIpc) is 2.96. The summed E-state index contributed by atoms with van der Waals surface area (Å²) in [5, 5.41) is 2.72. The van der Waals surface area contributed by atoms with Gasteiger partial charge in [-0.3, -0.25) is 4.79 Å². The Labute approximate surface area is 169 Å². The number of hydrogen-bond donors (Lipinski definition) is 1. The number of carbonyl (C=O) groups is 1. The van der Waals surface area contributed by atoms with Crippen molar-refractivity contribution in [1.82, 2.24) is 5.32 Å². The summed E-state index contributed by atoms with van der Waals surface area (Å²) in [5.41, 5.74) is 0.452. The number of thiocarbonyl (C=S) groups is 1. The Bertz CT molecular complexity index is 972. The number of hydrogen-bond acceptors (Lipinski definition) is 5. The van der Waals surface area contributed by atoms with Crippen LogP contribution in [0.15, 0.2) is 42.1 Å². The van der Waals surface area contributed by atoms with Crippen LogP contribution >= 0.6 is 12.2 Å². The highest BCUT2D eigenvalue weighted by Crippen LogP contribution is 2.40. The molecule has 0 aromatic heterocycles. The Kier molecular flexibility index (Phi) is 5.92. The van der Waals surface area contributed by atoms with E-state index in [2.05, 4.69) is 10.1 Å². The zero-order valence-corrected chi connectivity index (χ0v) is 16.1. The molecule has 6 nitrogen and oxygen atoms in total. The molecule has 2 aromatic carbocycles. The van der Waals surface area contributed by atoms with Crippen LogP contribution in [-0.2, 0) is 4.79 Å². The lowest BCUT2D eigenvalue weighted by Crippen LogP contribution is -2.31. The Balaban J connectivity index is 1.99. The highest BCUT2D eigenvalue weighted by molar-refractivity contribution is 7.80. The van der Waals surface area contributed by atoms with Crippen molar-refractivity contribution in [2.24, 2.45) is 0 Å². The minimum atomic E-state index is -3.08. The molecule has 10 heteroatoms. The van der Waals surface area contributed by atoms with Crippen molar-refractivity contribution in [3.05, 3.63) is 53.5 Å². The molecule has 0 saturated carbocycles. The molecule has 1 saturated heterocycles. The fraction of sp³-hybridized carbons (Fsp3) is 0.158. The van der Waals surface area contributed by atoms with Crippen LogP contribution in [0.2, 0.25) is 0 Å². The number of nitrogens with one attached hydrogen (secondary N) is 1. The Morgan fingerprint density at radius 2 is 1.76 bits per heavy atom. The summed E-state index contributed by atoms with van der Waals surface area (Å²) in [6.45, 7) is -3.08. The minimum Gasteiger partial charge on any atom is -0.493 e. The number of benzene rings is 2. The van der Waals surface area contributed by atoms with Gasteiger partial charge in [-0.1, -0.05) is 12.1 Å². The van der Waals surface area contributed by atoms with Gasteiger partial charge in [0.2, 0.25) is 5.75 Å². The van der Waals surface area contributed by atoms with Crippen LogP contribution in [-0.4, -0.2) is 31.9 Å². The van der Waals surface area contributed by atoms with Crippen molar-refractivity contribution in [2.75, 3.05) is 19.1 Å². The maximum Gasteiger partial charge on any atom is 0.387 e. The van der Waals surface area contributed by atoms with E-state index in [1.807, 2.05) is 0 Å². The number of alkyl halides is 2. The van der Waals surface area contributed by atoms with Gasteiger partial charge in [-0.2, -0.15) is 8.78 Å². The van der Waals surface area contributed by atoms with E-state index in [4.69, 9.17) is 21.7 Å². The molecule has 0 spiro atoms. The Morgan fingerprint density at radius 1 is 1.14 bits per heavy atom. The van der Waals surface area contributed by atoms with E-state index in [9.17, 15) is 18.0 Å². The van der Waals surface area contributed by atoms with E-state index in [0.717, 1.165) is 4.90 Å². The summed E-state index contributed by atoms with van der Waals surface area (Å²) >= 11 is 5.15. The quantitative estimate of drug-likeness (QED) is 0.564. The summed E-state index contributed by atoms with van der Waals surface area (Å²) < 4.78 is 54.0. The fourth-order valence-electron chi connectivity index (χ4n) is 2.74. The van der Waals surface area contributed by atoms with Crippen LogP contribution in [0.25, 0.3) is 6.08 Å². The van der Waals surface area contributed by atoms with Crippen molar-refractivity contribution in [3.63, 3.8) is 0 Å². The molecule has 1 N–H and O–H groups in total. The van der Waals surface area contributed by atoms with E-state index in [1.165, 1.54) is 50.6 Å². The zero-order valence-electron chi connectivity index (χ0n) is 15.2. The summed E-state index contributed by atoms with van der Waals surface area (Å²) in [6.07, 6.45) is 1.41. The van der Waals surface area contributed by atoms with Gasteiger partial charge < -0.3 is 19.5 Å². The van der Waals surface area contributed by atoms with E-state index in [-0.39, 0.29) is 33.7 Å². The van der Waals surface area contributed by atoms with Gasteiger partial charge in [0.05, 0.1) is 19.9 Å². The second-order valence-electron chi connectivity index (χ2n) is 5.71. The predicted molar refractivity (Wildman–Crippen MR) is 104 cm³/mol. The molecular formula is C19H15F3N2O4S. The molecule has 1 fully saturated rings. The van der Waals surface area contributed by atoms with Gasteiger partial charge in [0, 0.05) is 0 Å². The number of nitrogens with zero attached hydrogens (tertiary/aromatic N) is 1. The summed E-state index contributed by atoms with van der Waals surface area (Å²) in [6, 6.07) is 8.48. The van der Waals surface area contributed by atoms with Gasteiger partial charge in [0.1, 0.15) is 11.5 Å². The SMILES string of the molecule is COc1cc(/C=C2\NC(=S)N(c3ccccc3F)C2=O)cc(OC)c1OC(F)F. The van der Waals surface area contributed by atoms with Gasteiger partial charge in [-0.15, -0.1) is 0 Å². The molecule has 1 aliphatic heterocycles. The number of halogens is 3. The molecule has 1 aliphatic rings. The first-order chi connectivity index (χ1) is 13.8. The van der Waals surface area contributed by atoms with Crippen LogP contribution in [0.1, 0.15) is 5.56 Å². The van der Waals surface area contributed by atoms with Gasteiger partial charge in [-0.25, -0.2) is 9.29 Å². The zero-order chi connectivity index (χ0) is 21.1. The maximum absolute atomic E-state index is 14.1. The molecule has 1 heterocycles. The van der Waals surface area contributed by atoms with Crippen LogP contribution in [0.3, 0.4) is 0 Å². The summed E-state index contributed by atoms with van der Waals surface area (Å²) in [5.74, 6) is -1.50. The number of ether oxygens (including phenoxy) is 3. The van der Waals surface area contributed by atoms with Gasteiger partial charge >= 0.3 is 6.61 Å². The van der Waals surface area contributed by atoms with Crippen molar-refractivity contribution < 1.29 is 32.2 Å². The number of para-hydroxylation sites is 1. The Morgan fingerprint density at radius 3 is 2.31 bits per heavy atom. The van der Waals surface area contributed by atoms with Crippen molar-refractivity contribution >= 4 is 35.0 Å². The van der Waals surface area contributed by atoms with Crippen LogP contribution in [0.4, 0.5) is 18.9 Å². The van der Waals surface area contributed by atoms with Crippen molar-refractivity contribution in [1.29, 1.82) is 0 Å². The fourth-order valence-corrected chi connectivity index (χ4v) is 3.03. The van der Waals surface area contributed by atoms with Gasteiger partial charge in [0.25, 0.3) is 5.91 Å². The van der Waals surface area contributed by atoms with E-state index < -0.39 is 18.3 Å². The molecule has 1 amide bonds. The van der Waals surface area contributed by atoms with Gasteiger partial charge in [0.15, 0.2) is 16.6 Å². The Hall–Kier alpha value is -3.27. The molecule has 0 radical (unpaired) electrons. The molecular weight excluding hydrogens is 409 g/mol. The molecule has 29 heavy (non-hydrogen) atoms. The summed E-state index contributed by atoms with van der Waals surface area (Å²) in [4.78, 5) is 13.8. The van der Waals surface area contributed by atoms with Crippen LogP contribution in [0.5, 0.6) is 17.2 Å². The minimum absolute atomic E-state index is 0.00272. The maximum atomic E-state index is 14.1. The number of methoxy groups -OCH3 is 2.